The molecule has 0 spiro atoms. The fourth-order valence-electron chi connectivity index (χ4n) is 6.07. The average Bonchev–Trinajstić information content (AvgIpc) is 2.43. The lowest BCUT2D eigenvalue weighted by molar-refractivity contribution is -0.0516. The zero-order valence-electron chi connectivity index (χ0n) is 12.2. The molecule has 0 saturated heterocycles. The number of fused-ring (bicyclic) bond motifs is 1. The van der Waals surface area contributed by atoms with Gasteiger partial charge in [-0.2, -0.15) is 7.05 Å². The summed E-state index contributed by atoms with van der Waals surface area (Å²) in [5, 5.41) is 4.70. The first-order valence-corrected chi connectivity index (χ1v) is 7.48. The summed E-state index contributed by atoms with van der Waals surface area (Å²) < 4.78 is 0. The molecular formula is C16H28N-. The summed E-state index contributed by atoms with van der Waals surface area (Å²) in [5.74, 6) is 3.86. The van der Waals surface area contributed by atoms with Gasteiger partial charge in [0.25, 0.3) is 0 Å². The normalized spacial score (nSPS) is 56.8. The van der Waals surface area contributed by atoms with E-state index < -0.39 is 0 Å². The number of hydrogen-bond acceptors (Lipinski definition) is 0. The molecule has 0 N–H and O–H groups in total. The number of hydrogen-bond donors (Lipinski definition) is 0. The molecule has 0 radical (unpaired) electrons. The molecule has 1 nitrogen and oxygen atoms in total. The maximum atomic E-state index is 4.70. The second-order valence-electron chi connectivity index (χ2n) is 8.08. The third-order valence-electron chi connectivity index (χ3n) is 6.62. The molecule has 17 heavy (non-hydrogen) atoms. The van der Waals surface area contributed by atoms with Crippen molar-refractivity contribution in [2.45, 2.75) is 59.4 Å². The zero-order valence-corrected chi connectivity index (χ0v) is 12.2. The van der Waals surface area contributed by atoms with Crippen LogP contribution in [0.3, 0.4) is 0 Å². The van der Waals surface area contributed by atoms with Crippen molar-refractivity contribution < 1.29 is 0 Å². The van der Waals surface area contributed by atoms with Crippen molar-refractivity contribution >= 4 is 0 Å². The average molecular weight is 234 g/mol. The Bertz CT molecular complexity index is 323. The Balaban J connectivity index is 1.94. The van der Waals surface area contributed by atoms with Crippen molar-refractivity contribution in [2.75, 3.05) is 7.05 Å². The van der Waals surface area contributed by atoms with Crippen LogP contribution >= 0.6 is 0 Å². The monoisotopic (exact) mass is 234 g/mol. The van der Waals surface area contributed by atoms with Gasteiger partial charge in [-0.05, 0) is 53.8 Å². The Morgan fingerprint density at radius 3 is 2.35 bits per heavy atom. The molecule has 4 rings (SSSR count). The van der Waals surface area contributed by atoms with Gasteiger partial charge in [-0.3, -0.25) is 0 Å². The van der Waals surface area contributed by atoms with Crippen LogP contribution in [-0.4, -0.2) is 13.1 Å². The topological polar surface area (TPSA) is 14.1 Å². The summed E-state index contributed by atoms with van der Waals surface area (Å²) in [4.78, 5) is 0. The van der Waals surface area contributed by atoms with Gasteiger partial charge in [-0.25, -0.2) is 0 Å². The molecule has 6 atom stereocenters. The van der Waals surface area contributed by atoms with Gasteiger partial charge in [-0.1, -0.05) is 34.1 Å². The molecule has 0 heterocycles. The molecule has 0 aliphatic heterocycles. The van der Waals surface area contributed by atoms with Crippen LogP contribution in [0.1, 0.15) is 53.4 Å². The molecule has 5 unspecified atom stereocenters. The van der Waals surface area contributed by atoms with Crippen LogP contribution in [0.5, 0.6) is 0 Å². The van der Waals surface area contributed by atoms with Crippen LogP contribution in [0.15, 0.2) is 0 Å². The van der Waals surface area contributed by atoms with E-state index in [-0.39, 0.29) is 0 Å². The van der Waals surface area contributed by atoms with E-state index in [1.54, 1.807) is 0 Å². The van der Waals surface area contributed by atoms with E-state index in [9.17, 15) is 0 Å². The second-order valence-corrected chi connectivity index (χ2v) is 8.08. The van der Waals surface area contributed by atoms with E-state index in [4.69, 9.17) is 5.32 Å². The highest BCUT2D eigenvalue weighted by Gasteiger charge is 2.62. The maximum Gasteiger partial charge on any atom is -0.0288 e. The number of rotatable bonds is 2. The van der Waals surface area contributed by atoms with E-state index in [0.29, 0.717) is 16.9 Å². The zero-order chi connectivity index (χ0) is 12.4. The van der Waals surface area contributed by atoms with Crippen molar-refractivity contribution in [3.05, 3.63) is 5.32 Å². The predicted molar refractivity (Wildman–Crippen MR) is 73.1 cm³/mol. The fraction of sp³-hybridized carbons (Fsp3) is 1.00. The predicted octanol–water partition coefficient (Wildman–Crippen LogP) is 4.48. The lowest BCUT2D eigenvalue weighted by Gasteiger charge is -2.63. The minimum atomic E-state index is 0.520. The minimum absolute atomic E-state index is 0.520. The Morgan fingerprint density at radius 1 is 1.12 bits per heavy atom. The highest BCUT2D eigenvalue weighted by Crippen LogP contribution is 2.70. The first-order valence-electron chi connectivity index (χ1n) is 7.48. The Labute approximate surface area is 107 Å². The Kier molecular flexibility index (Phi) is 2.47. The van der Waals surface area contributed by atoms with Crippen LogP contribution in [-0.2, 0) is 0 Å². The number of nitrogens with zero attached hydrogens (tertiary/aromatic N) is 1. The highest BCUT2D eigenvalue weighted by molar-refractivity contribution is 5.18. The molecule has 0 aromatic carbocycles. The van der Waals surface area contributed by atoms with Crippen molar-refractivity contribution in [1.82, 2.24) is 0 Å². The third kappa shape index (κ3) is 1.47. The molecule has 4 saturated carbocycles. The molecule has 0 aromatic heterocycles. The Morgan fingerprint density at radius 2 is 1.82 bits per heavy atom. The molecule has 4 aliphatic rings. The molecule has 4 fully saturated rings. The molecule has 0 amide bonds. The van der Waals surface area contributed by atoms with Gasteiger partial charge in [0, 0.05) is 0 Å². The molecule has 1 heteroatoms. The van der Waals surface area contributed by atoms with Crippen molar-refractivity contribution in [1.29, 1.82) is 0 Å². The van der Waals surface area contributed by atoms with Crippen LogP contribution in [0.25, 0.3) is 5.32 Å². The molecule has 4 aliphatic carbocycles. The van der Waals surface area contributed by atoms with Crippen molar-refractivity contribution in [2.24, 2.45) is 34.5 Å². The van der Waals surface area contributed by atoms with Gasteiger partial charge < -0.3 is 5.32 Å². The smallest absolute Gasteiger partial charge is 0.0288 e. The van der Waals surface area contributed by atoms with E-state index in [0.717, 1.165) is 23.7 Å². The summed E-state index contributed by atoms with van der Waals surface area (Å²) in [6.45, 7) is 9.98. The third-order valence-corrected chi connectivity index (χ3v) is 6.62. The first kappa shape index (κ1) is 12.0. The van der Waals surface area contributed by atoms with E-state index in [2.05, 4.69) is 27.7 Å². The van der Waals surface area contributed by atoms with Crippen LogP contribution in [0, 0.1) is 34.5 Å². The standard InChI is InChI=1S/C16H28N/c1-10(2)11-7-15(3)9-16(4)8-12(11)13(15)6-14(16)17-5/h10-14H,6-9H2,1-5H3/q-1/t11-,12?,13?,14?,15?,16?/m0/s1. The van der Waals surface area contributed by atoms with Gasteiger partial charge in [0.15, 0.2) is 0 Å². The SMILES string of the molecule is C[N-]C1CC2C3CC1(C)CC2(C)C[C@H]3C(C)C. The summed E-state index contributed by atoms with van der Waals surface area (Å²) in [6, 6.07) is 0.655. The lowest BCUT2D eigenvalue weighted by Crippen LogP contribution is -2.53. The van der Waals surface area contributed by atoms with E-state index >= 15 is 0 Å². The van der Waals surface area contributed by atoms with Gasteiger partial charge in [0.05, 0.1) is 0 Å². The Hall–Kier alpha value is -0.0400. The molecule has 98 valence electrons. The molecular weight excluding hydrogens is 206 g/mol. The van der Waals surface area contributed by atoms with E-state index in [1.807, 2.05) is 7.05 Å². The summed E-state index contributed by atoms with van der Waals surface area (Å²) in [5.41, 5.74) is 1.17. The largest absolute Gasteiger partial charge is 0.662 e. The molecule has 4 bridgehead atoms. The van der Waals surface area contributed by atoms with Crippen molar-refractivity contribution in [3.63, 3.8) is 0 Å². The lowest BCUT2D eigenvalue weighted by atomic mass is 9.49. The summed E-state index contributed by atoms with van der Waals surface area (Å²) in [7, 11) is 2.04. The van der Waals surface area contributed by atoms with E-state index in [1.165, 1.54) is 25.7 Å². The quantitative estimate of drug-likeness (QED) is 0.669. The minimum Gasteiger partial charge on any atom is -0.662 e. The highest BCUT2D eigenvalue weighted by atomic mass is 14.9. The van der Waals surface area contributed by atoms with Crippen molar-refractivity contribution in [3.8, 4) is 0 Å². The maximum absolute atomic E-state index is 4.70. The van der Waals surface area contributed by atoms with Gasteiger partial charge in [-0.15, -0.1) is 6.04 Å². The summed E-state index contributed by atoms with van der Waals surface area (Å²) >= 11 is 0. The summed E-state index contributed by atoms with van der Waals surface area (Å²) in [6.07, 6.45) is 5.77. The van der Waals surface area contributed by atoms with Gasteiger partial charge in [0.2, 0.25) is 0 Å². The van der Waals surface area contributed by atoms with Crippen LogP contribution in [0.4, 0.5) is 0 Å². The first-order chi connectivity index (χ1) is 7.89. The van der Waals surface area contributed by atoms with Gasteiger partial charge >= 0.3 is 0 Å². The fourth-order valence-corrected chi connectivity index (χ4v) is 6.07. The molecule has 0 aromatic rings. The second kappa shape index (κ2) is 3.50. The van der Waals surface area contributed by atoms with Gasteiger partial charge in [0.1, 0.15) is 0 Å². The van der Waals surface area contributed by atoms with Crippen LogP contribution < -0.4 is 0 Å². The van der Waals surface area contributed by atoms with Crippen LogP contribution in [0.2, 0.25) is 0 Å².